The van der Waals surface area contributed by atoms with Crippen LogP contribution in [-0.4, -0.2) is 45.9 Å². The van der Waals surface area contributed by atoms with E-state index >= 15 is 0 Å². The van der Waals surface area contributed by atoms with Gasteiger partial charge in [-0.25, -0.2) is 9.78 Å². The van der Waals surface area contributed by atoms with Gasteiger partial charge in [-0.15, -0.1) is 0 Å². The Labute approximate surface area is 128 Å². The maximum atomic E-state index is 12.9. The molecule has 0 aromatic carbocycles. The largest absolute Gasteiger partial charge is 0.467 e. The van der Waals surface area contributed by atoms with Gasteiger partial charge in [-0.05, 0) is 38.3 Å². The summed E-state index contributed by atoms with van der Waals surface area (Å²) in [6.45, 7) is 4.35. The van der Waals surface area contributed by atoms with Crippen LogP contribution >= 0.6 is 0 Å². The van der Waals surface area contributed by atoms with Gasteiger partial charge < -0.3 is 9.64 Å². The Morgan fingerprint density at radius 2 is 2.09 bits per heavy atom. The summed E-state index contributed by atoms with van der Waals surface area (Å²) in [5.74, 6) is -0.517. The van der Waals surface area contributed by atoms with Gasteiger partial charge in [-0.1, -0.05) is 6.07 Å². The van der Waals surface area contributed by atoms with E-state index in [4.69, 9.17) is 4.74 Å². The molecule has 1 amide bonds. The number of esters is 1. The Kier molecular flexibility index (Phi) is 3.60. The number of nitrogens with zero attached hydrogens (tertiary/aromatic N) is 3. The SMILES string of the molecule is COC(=O)C1CCCN1C(=O)c1c(C)nc2ccc(C)cn12. The monoisotopic (exact) mass is 301 g/mol. The highest BCUT2D eigenvalue weighted by atomic mass is 16.5. The summed E-state index contributed by atoms with van der Waals surface area (Å²) >= 11 is 0. The van der Waals surface area contributed by atoms with Gasteiger partial charge in [0.2, 0.25) is 0 Å². The second kappa shape index (κ2) is 5.44. The lowest BCUT2D eigenvalue weighted by Gasteiger charge is -2.22. The smallest absolute Gasteiger partial charge is 0.328 e. The van der Waals surface area contributed by atoms with Crippen molar-refractivity contribution in [1.82, 2.24) is 14.3 Å². The summed E-state index contributed by atoms with van der Waals surface area (Å²) in [5.41, 5.74) is 2.98. The van der Waals surface area contributed by atoms with Crippen molar-refractivity contribution < 1.29 is 14.3 Å². The standard InChI is InChI=1S/C16H19N3O3/c1-10-6-7-13-17-11(2)14(19(13)9-10)15(20)18-8-4-5-12(18)16(21)22-3/h6-7,9,12H,4-5,8H2,1-3H3. The third kappa shape index (κ3) is 2.24. The molecular weight excluding hydrogens is 282 g/mol. The summed E-state index contributed by atoms with van der Waals surface area (Å²) in [5, 5.41) is 0. The quantitative estimate of drug-likeness (QED) is 0.792. The first-order valence-electron chi connectivity index (χ1n) is 7.37. The predicted octanol–water partition coefficient (Wildman–Crippen LogP) is 1.73. The van der Waals surface area contributed by atoms with Crippen molar-refractivity contribution in [3.63, 3.8) is 0 Å². The fourth-order valence-electron chi connectivity index (χ4n) is 3.05. The zero-order valence-electron chi connectivity index (χ0n) is 13.0. The molecule has 1 aliphatic rings. The summed E-state index contributed by atoms with van der Waals surface area (Å²) < 4.78 is 6.62. The second-order valence-electron chi connectivity index (χ2n) is 5.66. The number of likely N-dealkylation sites (tertiary alicyclic amines) is 1. The maximum Gasteiger partial charge on any atom is 0.328 e. The highest BCUT2D eigenvalue weighted by Crippen LogP contribution is 2.23. The number of carbonyl (C=O) groups is 2. The van der Waals surface area contributed by atoms with E-state index in [2.05, 4.69) is 4.98 Å². The van der Waals surface area contributed by atoms with E-state index in [1.54, 1.807) is 9.30 Å². The normalized spacial score (nSPS) is 18.0. The first kappa shape index (κ1) is 14.6. The van der Waals surface area contributed by atoms with Gasteiger partial charge in [0.25, 0.3) is 5.91 Å². The van der Waals surface area contributed by atoms with Gasteiger partial charge >= 0.3 is 5.97 Å². The Bertz CT molecular complexity index is 750. The number of rotatable bonds is 2. The molecule has 1 unspecified atom stereocenters. The summed E-state index contributed by atoms with van der Waals surface area (Å²) in [4.78, 5) is 30.8. The molecule has 2 aromatic heterocycles. The van der Waals surface area contributed by atoms with Crippen molar-refractivity contribution in [3.8, 4) is 0 Å². The Balaban J connectivity index is 2.03. The third-order valence-corrected chi connectivity index (χ3v) is 4.13. The molecule has 0 aliphatic carbocycles. The molecular formula is C16H19N3O3. The minimum atomic E-state index is -0.493. The molecule has 2 aromatic rings. The van der Waals surface area contributed by atoms with E-state index in [0.717, 1.165) is 17.6 Å². The summed E-state index contributed by atoms with van der Waals surface area (Å²) in [6, 6.07) is 3.36. The zero-order chi connectivity index (χ0) is 15.9. The minimum absolute atomic E-state index is 0.163. The van der Waals surface area contributed by atoms with E-state index in [9.17, 15) is 9.59 Å². The van der Waals surface area contributed by atoms with Gasteiger partial charge in [0.1, 0.15) is 17.4 Å². The lowest BCUT2D eigenvalue weighted by molar-refractivity contribution is -0.145. The molecule has 1 saturated heterocycles. The van der Waals surface area contributed by atoms with E-state index in [1.165, 1.54) is 7.11 Å². The van der Waals surface area contributed by atoms with E-state index in [0.29, 0.717) is 24.4 Å². The average Bonchev–Trinajstić information content (AvgIpc) is 3.09. The molecule has 0 bridgehead atoms. The van der Waals surface area contributed by atoms with Crippen LogP contribution in [0.5, 0.6) is 0 Å². The number of amides is 1. The number of hydrogen-bond acceptors (Lipinski definition) is 4. The van der Waals surface area contributed by atoms with Crippen molar-refractivity contribution in [1.29, 1.82) is 0 Å². The van der Waals surface area contributed by atoms with Crippen LogP contribution in [0.1, 0.15) is 34.6 Å². The molecule has 0 spiro atoms. The number of hydrogen-bond donors (Lipinski definition) is 0. The molecule has 0 radical (unpaired) electrons. The molecule has 1 aliphatic heterocycles. The number of aryl methyl sites for hydroxylation is 2. The zero-order valence-corrected chi connectivity index (χ0v) is 13.0. The molecule has 1 atom stereocenters. The van der Waals surface area contributed by atoms with Crippen molar-refractivity contribution in [2.24, 2.45) is 0 Å². The van der Waals surface area contributed by atoms with Crippen LogP contribution in [0.25, 0.3) is 5.65 Å². The molecule has 116 valence electrons. The number of ether oxygens (including phenoxy) is 1. The molecule has 22 heavy (non-hydrogen) atoms. The summed E-state index contributed by atoms with van der Waals surface area (Å²) in [6.07, 6.45) is 3.35. The molecule has 6 heteroatoms. The number of aromatic nitrogens is 2. The second-order valence-corrected chi connectivity index (χ2v) is 5.66. The number of pyridine rings is 1. The maximum absolute atomic E-state index is 12.9. The van der Waals surface area contributed by atoms with Gasteiger partial charge in [0, 0.05) is 12.7 Å². The average molecular weight is 301 g/mol. The molecule has 0 N–H and O–H groups in total. The summed E-state index contributed by atoms with van der Waals surface area (Å²) in [7, 11) is 1.35. The number of methoxy groups -OCH3 is 1. The number of carbonyl (C=O) groups excluding carboxylic acids is 2. The van der Waals surface area contributed by atoms with Crippen LogP contribution in [0.2, 0.25) is 0 Å². The predicted molar refractivity (Wildman–Crippen MR) is 80.7 cm³/mol. The van der Waals surface area contributed by atoms with Crippen LogP contribution in [-0.2, 0) is 9.53 Å². The van der Waals surface area contributed by atoms with E-state index in [1.807, 2.05) is 32.2 Å². The molecule has 6 nitrogen and oxygen atoms in total. The lowest BCUT2D eigenvalue weighted by Crippen LogP contribution is -2.41. The van der Waals surface area contributed by atoms with E-state index in [-0.39, 0.29) is 11.9 Å². The minimum Gasteiger partial charge on any atom is -0.467 e. The first-order chi connectivity index (χ1) is 10.5. The van der Waals surface area contributed by atoms with Gasteiger partial charge in [0.05, 0.1) is 12.8 Å². The molecule has 3 heterocycles. The van der Waals surface area contributed by atoms with Crippen LogP contribution in [0, 0.1) is 13.8 Å². The van der Waals surface area contributed by atoms with E-state index < -0.39 is 6.04 Å². The number of imidazole rings is 1. The van der Waals surface area contributed by atoms with Crippen LogP contribution < -0.4 is 0 Å². The van der Waals surface area contributed by atoms with Crippen LogP contribution in [0.15, 0.2) is 18.3 Å². The van der Waals surface area contributed by atoms with Crippen molar-refractivity contribution >= 4 is 17.5 Å². The third-order valence-electron chi connectivity index (χ3n) is 4.13. The van der Waals surface area contributed by atoms with Gasteiger partial charge in [-0.3, -0.25) is 9.20 Å². The van der Waals surface area contributed by atoms with Gasteiger partial charge in [0.15, 0.2) is 0 Å². The fraction of sp³-hybridized carbons (Fsp3) is 0.438. The lowest BCUT2D eigenvalue weighted by atomic mass is 10.2. The van der Waals surface area contributed by atoms with Gasteiger partial charge in [-0.2, -0.15) is 0 Å². The fourth-order valence-corrected chi connectivity index (χ4v) is 3.05. The topological polar surface area (TPSA) is 63.9 Å². The Hall–Kier alpha value is -2.37. The first-order valence-corrected chi connectivity index (χ1v) is 7.37. The highest BCUT2D eigenvalue weighted by molar-refractivity contribution is 5.97. The van der Waals surface area contributed by atoms with Crippen LogP contribution in [0.4, 0.5) is 0 Å². The van der Waals surface area contributed by atoms with Crippen LogP contribution in [0.3, 0.4) is 0 Å². The Morgan fingerprint density at radius 1 is 1.32 bits per heavy atom. The van der Waals surface area contributed by atoms with Crippen molar-refractivity contribution in [3.05, 3.63) is 35.3 Å². The molecule has 1 fully saturated rings. The highest BCUT2D eigenvalue weighted by Gasteiger charge is 2.37. The Morgan fingerprint density at radius 3 is 2.82 bits per heavy atom. The molecule has 0 saturated carbocycles. The van der Waals surface area contributed by atoms with Crippen molar-refractivity contribution in [2.45, 2.75) is 32.7 Å². The number of fused-ring (bicyclic) bond motifs is 1. The molecule has 3 rings (SSSR count). The van der Waals surface area contributed by atoms with Crippen molar-refractivity contribution in [2.75, 3.05) is 13.7 Å².